The maximum atomic E-state index is 6.57. The topological polar surface area (TPSA) is 43.2 Å². The van der Waals surface area contributed by atoms with Crippen molar-refractivity contribution in [3.63, 3.8) is 0 Å². The molecule has 4 nitrogen and oxygen atoms in total. The molecule has 2 aliphatic heterocycles. The molecular formula is C29H38Br2N2NiO2. The minimum atomic E-state index is -0.250. The van der Waals surface area contributed by atoms with Gasteiger partial charge in [0.25, 0.3) is 0 Å². The van der Waals surface area contributed by atoms with E-state index >= 15 is 0 Å². The van der Waals surface area contributed by atoms with E-state index in [4.69, 9.17) is 19.5 Å². The van der Waals surface area contributed by atoms with Crippen molar-refractivity contribution in [2.24, 2.45) is 9.98 Å². The molecule has 2 atom stereocenters. The molecule has 0 aromatic heterocycles. The molecule has 200 valence electrons. The van der Waals surface area contributed by atoms with Crippen molar-refractivity contribution in [1.82, 2.24) is 0 Å². The van der Waals surface area contributed by atoms with Gasteiger partial charge in [-0.1, -0.05) is 88.4 Å². The van der Waals surface area contributed by atoms with E-state index in [0.717, 1.165) is 50.3 Å². The number of nitrogens with zero attached hydrogens (tertiary/aromatic N) is 2. The molecule has 4 rings (SSSR count). The zero-order valence-electron chi connectivity index (χ0n) is 21.7. The van der Waals surface area contributed by atoms with Crippen LogP contribution in [0.2, 0.25) is 0 Å². The summed E-state index contributed by atoms with van der Waals surface area (Å²) in [5.41, 5.74) is 2.10. The Labute approximate surface area is 248 Å². The van der Waals surface area contributed by atoms with E-state index in [1.54, 1.807) is 0 Å². The Hall–Kier alpha value is -1.17. The molecule has 2 aromatic rings. The van der Waals surface area contributed by atoms with Crippen LogP contribution in [0, 0.1) is 0 Å². The third kappa shape index (κ3) is 7.02. The molecule has 0 amide bonds. The normalized spacial score (nSPS) is 21.0. The summed E-state index contributed by atoms with van der Waals surface area (Å²) in [6.45, 7) is 8.83. The van der Waals surface area contributed by atoms with Gasteiger partial charge in [-0.05, 0) is 49.7 Å². The Bertz CT molecular complexity index is 898. The first kappa shape index (κ1) is 32.9. The average Bonchev–Trinajstić information content (AvgIpc) is 3.38. The van der Waals surface area contributed by atoms with Crippen LogP contribution in [0.25, 0.3) is 0 Å². The van der Waals surface area contributed by atoms with Gasteiger partial charge >= 0.3 is 16.5 Å². The van der Waals surface area contributed by atoms with Gasteiger partial charge in [0.1, 0.15) is 11.2 Å². The van der Waals surface area contributed by atoms with Crippen LogP contribution in [-0.2, 0) is 38.8 Å². The molecule has 0 fully saturated rings. The van der Waals surface area contributed by atoms with Gasteiger partial charge < -0.3 is 43.4 Å². The molecule has 0 saturated heterocycles. The summed E-state index contributed by atoms with van der Waals surface area (Å²) in [6, 6.07) is 21.5. The fraction of sp³-hybridized carbons (Fsp3) is 0.517. The molecule has 0 radical (unpaired) electrons. The van der Waals surface area contributed by atoms with E-state index in [2.05, 4.69) is 88.4 Å². The van der Waals surface area contributed by atoms with Gasteiger partial charge in [0.05, 0.1) is 18.5 Å². The summed E-state index contributed by atoms with van der Waals surface area (Å²) >= 11 is 0. The molecule has 0 bridgehead atoms. The van der Waals surface area contributed by atoms with Crippen molar-refractivity contribution in [1.29, 1.82) is 0 Å². The monoisotopic (exact) mass is 662 g/mol. The molecule has 0 unspecified atom stereocenters. The van der Waals surface area contributed by atoms with Crippen molar-refractivity contribution in [3.05, 3.63) is 71.8 Å². The van der Waals surface area contributed by atoms with Crippen LogP contribution >= 0.6 is 0 Å². The Morgan fingerprint density at radius 2 is 0.944 bits per heavy atom. The van der Waals surface area contributed by atoms with E-state index in [-0.39, 0.29) is 73.7 Å². The second-order valence-corrected chi connectivity index (χ2v) is 9.38. The Balaban J connectivity index is 0.00000216. The van der Waals surface area contributed by atoms with Crippen molar-refractivity contribution in [3.8, 4) is 0 Å². The van der Waals surface area contributed by atoms with E-state index in [1.165, 1.54) is 11.1 Å². The van der Waals surface area contributed by atoms with Crippen LogP contribution < -0.4 is 34.0 Å². The smallest absolute Gasteiger partial charge is 1.00 e. The van der Waals surface area contributed by atoms with Crippen LogP contribution in [0.4, 0.5) is 0 Å². The summed E-state index contributed by atoms with van der Waals surface area (Å²) in [6.07, 6.45) is 6.07. The molecule has 2 aromatic carbocycles. The second kappa shape index (κ2) is 14.7. The van der Waals surface area contributed by atoms with E-state index < -0.39 is 0 Å². The van der Waals surface area contributed by atoms with Crippen LogP contribution in [0.1, 0.15) is 70.9 Å². The first-order valence-corrected chi connectivity index (χ1v) is 12.7. The fourth-order valence-electron chi connectivity index (χ4n) is 5.40. The second-order valence-electron chi connectivity index (χ2n) is 9.38. The molecule has 2 aliphatic rings. The maximum absolute atomic E-state index is 6.57. The van der Waals surface area contributed by atoms with Gasteiger partial charge in [-0.15, -0.1) is 0 Å². The van der Waals surface area contributed by atoms with Gasteiger partial charge in [0, 0.05) is 0 Å². The SMILES string of the molecule is CCC1(CC)OC(CC2=N[C@H](Cc3ccccc3)C(CC)(CC)O2)=N[C@@H]1Cc1ccccc1.[Br-].[Br-].[Ni+2]. The average molecular weight is 665 g/mol. The largest absolute Gasteiger partial charge is 2.00 e. The predicted molar refractivity (Wildman–Crippen MR) is 136 cm³/mol. The minimum Gasteiger partial charge on any atom is -1.00 e. The summed E-state index contributed by atoms with van der Waals surface area (Å²) < 4.78 is 13.1. The number of benzene rings is 2. The Morgan fingerprint density at radius 3 is 1.25 bits per heavy atom. The van der Waals surface area contributed by atoms with Gasteiger partial charge in [0.2, 0.25) is 0 Å². The molecular weight excluding hydrogens is 627 g/mol. The van der Waals surface area contributed by atoms with Crippen molar-refractivity contribution < 1.29 is 59.9 Å². The van der Waals surface area contributed by atoms with Crippen LogP contribution in [0.3, 0.4) is 0 Å². The van der Waals surface area contributed by atoms with Crippen LogP contribution in [-0.4, -0.2) is 35.1 Å². The van der Waals surface area contributed by atoms with Crippen LogP contribution in [0.15, 0.2) is 70.6 Å². The maximum Gasteiger partial charge on any atom is 2.00 e. The quantitative estimate of drug-likeness (QED) is 0.349. The minimum absolute atomic E-state index is 0. The summed E-state index contributed by atoms with van der Waals surface area (Å²) in [7, 11) is 0. The van der Waals surface area contributed by atoms with E-state index in [1.807, 2.05) is 0 Å². The Kier molecular flexibility index (Phi) is 13.4. The summed E-state index contributed by atoms with van der Waals surface area (Å²) in [5, 5.41) is 0. The number of rotatable bonds is 10. The van der Waals surface area contributed by atoms with Gasteiger partial charge in [-0.2, -0.15) is 0 Å². The third-order valence-corrected chi connectivity index (χ3v) is 7.70. The molecule has 0 aliphatic carbocycles. The fourth-order valence-corrected chi connectivity index (χ4v) is 5.40. The first-order chi connectivity index (χ1) is 16.1. The Morgan fingerprint density at radius 1 is 0.611 bits per heavy atom. The summed E-state index contributed by atoms with van der Waals surface area (Å²) in [4.78, 5) is 10.2. The zero-order chi connectivity index (χ0) is 23.3. The number of hydrogen-bond donors (Lipinski definition) is 0. The molecule has 36 heavy (non-hydrogen) atoms. The molecule has 2 heterocycles. The number of aliphatic imine (C=N–C) groups is 2. The number of ether oxygens (including phenoxy) is 2. The third-order valence-electron chi connectivity index (χ3n) is 7.70. The van der Waals surface area contributed by atoms with E-state index in [0.29, 0.717) is 6.42 Å². The van der Waals surface area contributed by atoms with Gasteiger partial charge in [-0.25, -0.2) is 9.98 Å². The van der Waals surface area contributed by atoms with Crippen molar-refractivity contribution in [2.45, 2.75) is 95.9 Å². The summed E-state index contributed by atoms with van der Waals surface area (Å²) in [5.74, 6) is 1.56. The molecule has 0 spiro atoms. The first-order valence-electron chi connectivity index (χ1n) is 12.7. The van der Waals surface area contributed by atoms with Crippen molar-refractivity contribution in [2.75, 3.05) is 0 Å². The van der Waals surface area contributed by atoms with Gasteiger partial charge in [-0.3, -0.25) is 0 Å². The number of halogens is 2. The van der Waals surface area contributed by atoms with Crippen LogP contribution in [0.5, 0.6) is 0 Å². The number of hydrogen-bond acceptors (Lipinski definition) is 4. The molecule has 7 heteroatoms. The van der Waals surface area contributed by atoms with E-state index in [9.17, 15) is 0 Å². The predicted octanol–water partition coefficient (Wildman–Crippen LogP) is 0.580. The van der Waals surface area contributed by atoms with Crippen molar-refractivity contribution >= 4 is 11.8 Å². The molecule has 0 saturated carbocycles. The standard InChI is InChI=1S/C29H38N2O2.2BrH.Ni/c1-5-28(6-2)24(19-22-15-11-9-12-16-22)30-26(32-28)21-27-31-25(29(7-3,8-4)33-27)20-23-17-13-10-14-18-23;;;/h9-18,24-25H,5-8,19-21H2,1-4H3;2*1H;/q;;;+2/p-2/t24-,25-;;;/m1.../s1. The van der Waals surface area contributed by atoms with Gasteiger partial charge in [0.15, 0.2) is 11.8 Å². The zero-order valence-corrected chi connectivity index (χ0v) is 25.8. The molecule has 0 N–H and O–H groups in total.